The van der Waals surface area contributed by atoms with Crippen LogP contribution in [0.3, 0.4) is 0 Å². The number of methoxy groups -OCH3 is 1. The van der Waals surface area contributed by atoms with Crippen LogP contribution in [0.1, 0.15) is 20.7 Å². The van der Waals surface area contributed by atoms with E-state index in [1.807, 2.05) is 0 Å². The number of nitro groups is 1. The predicted molar refractivity (Wildman–Crippen MR) is 57.5 cm³/mol. The van der Waals surface area contributed by atoms with Gasteiger partial charge in [-0.1, -0.05) is 15.9 Å². The standard InChI is InChI=1S/C9H6BrNO5/c1-16-9(13)8-5(4-12)6(10)2-3-7(8)11(14)15/h2-4H,1H3. The second-order valence-electron chi connectivity index (χ2n) is 2.72. The van der Waals surface area contributed by atoms with Gasteiger partial charge in [-0.15, -0.1) is 0 Å². The van der Waals surface area contributed by atoms with E-state index >= 15 is 0 Å². The third kappa shape index (κ3) is 2.08. The molecule has 0 atom stereocenters. The molecule has 0 saturated carbocycles. The quantitative estimate of drug-likeness (QED) is 0.367. The van der Waals surface area contributed by atoms with Crippen molar-refractivity contribution in [2.45, 2.75) is 0 Å². The number of carbonyl (C=O) groups excluding carboxylic acids is 2. The van der Waals surface area contributed by atoms with Crippen LogP contribution in [0.2, 0.25) is 0 Å². The fraction of sp³-hybridized carbons (Fsp3) is 0.111. The van der Waals surface area contributed by atoms with Crippen molar-refractivity contribution in [2.75, 3.05) is 7.11 Å². The molecule has 1 aromatic carbocycles. The van der Waals surface area contributed by atoms with E-state index < -0.39 is 16.6 Å². The molecule has 16 heavy (non-hydrogen) atoms. The number of nitro benzene ring substituents is 1. The number of aldehydes is 1. The molecule has 1 rings (SSSR count). The highest BCUT2D eigenvalue weighted by Gasteiger charge is 2.26. The van der Waals surface area contributed by atoms with E-state index in [-0.39, 0.29) is 11.1 Å². The lowest BCUT2D eigenvalue weighted by Crippen LogP contribution is -2.09. The Hall–Kier alpha value is -1.76. The minimum atomic E-state index is -0.921. The Morgan fingerprint density at radius 3 is 2.62 bits per heavy atom. The second kappa shape index (κ2) is 4.84. The Balaban J connectivity index is 3.59. The Labute approximate surface area is 98.5 Å². The van der Waals surface area contributed by atoms with Gasteiger partial charge in [0.15, 0.2) is 6.29 Å². The van der Waals surface area contributed by atoms with Crippen molar-refractivity contribution in [3.63, 3.8) is 0 Å². The number of rotatable bonds is 3. The maximum Gasteiger partial charge on any atom is 0.345 e. The van der Waals surface area contributed by atoms with Crippen molar-refractivity contribution < 1.29 is 19.2 Å². The van der Waals surface area contributed by atoms with Gasteiger partial charge in [-0.25, -0.2) is 4.79 Å². The van der Waals surface area contributed by atoms with Gasteiger partial charge in [-0.2, -0.15) is 0 Å². The molecule has 0 heterocycles. The Morgan fingerprint density at radius 2 is 2.19 bits per heavy atom. The van der Waals surface area contributed by atoms with Gasteiger partial charge in [0, 0.05) is 10.5 Å². The van der Waals surface area contributed by atoms with Gasteiger partial charge in [0.05, 0.1) is 17.6 Å². The molecule has 0 amide bonds. The molecule has 0 bridgehead atoms. The molecule has 0 fully saturated rings. The zero-order chi connectivity index (χ0) is 12.3. The summed E-state index contributed by atoms with van der Waals surface area (Å²) < 4.78 is 4.70. The lowest BCUT2D eigenvalue weighted by Gasteiger charge is -2.05. The van der Waals surface area contributed by atoms with E-state index in [1.54, 1.807) is 0 Å². The monoisotopic (exact) mass is 287 g/mol. The zero-order valence-corrected chi connectivity index (χ0v) is 9.68. The maximum atomic E-state index is 11.4. The lowest BCUT2D eigenvalue weighted by atomic mass is 10.1. The molecule has 84 valence electrons. The molecule has 0 unspecified atom stereocenters. The molecule has 0 aliphatic heterocycles. The molecular weight excluding hydrogens is 282 g/mol. The van der Waals surface area contributed by atoms with Crippen LogP contribution >= 0.6 is 15.9 Å². The van der Waals surface area contributed by atoms with Gasteiger partial charge in [0.25, 0.3) is 5.69 Å². The van der Waals surface area contributed by atoms with Crippen molar-refractivity contribution in [1.29, 1.82) is 0 Å². The molecule has 1 aromatic rings. The molecule has 0 radical (unpaired) electrons. The highest BCUT2D eigenvalue weighted by Crippen LogP contribution is 2.28. The third-order valence-corrected chi connectivity index (χ3v) is 2.57. The highest BCUT2D eigenvalue weighted by atomic mass is 79.9. The van der Waals surface area contributed by atoms with Crippen LogP contribution in [0.5, 0.6) is 0 Å². The van der Waals surface area contributed by atoms with Crippen molar-refractivity contribution in [2.24, 2.45) is 0 Å². The van der Waals surface area contributed by atoms with E-state index in [4.69, 9.17) is 0 Å². The van der Waals surface area contributed by atoms with Crippen molar-refractivity contribution >= 4 is 33.9 Å². The van der Waals surface area contributed by atoms with Crippen LogP contribution in [0, 0.1) is 10.1 Å². The van der Waals surface area contributed by atoms with Crippen molar-refractivity contribution in [3.8, 4) is 0 Å². The average Bonchev–Trinajstić information content (AvgIpc) is 2.27. The van der Waals surface area contributed by atoms with Crippen molar-refractivity contribution in [1.82, 2.24) is 0 Å². The van der Waals surface area contributed by atoms with Gasteiger partial charge in [-0.05, 0) is 6.07 Å². The number of benzene rings is 1. The summed E-state index contributed by atoms with van der Waals surface area (Å²) in [7, 11) is 1.08. The number of carbonyl (C=O) groups is 2. The molecule has 0 N–H and O–H groups in total. The number of nitrogens with zero attached hydrogens (tertiary/aromatic N) is 1. The fourth-order valence-corrected chi connectivity index (χ4v) is 1.59. The molecule has 7 heteroatoms. The summed E-state index contributed by atoms with van der Waals surface area (Å²) in [6, 6.07) is 2.46. The molecule has 0 saturated heterocycles. The van der Waals surface area contributed by atoms with Gasteiger partial charge in [0.2, 0.25) is 0 Å². The first kappa shape index (κ1) is 12.3. The van der Waals surface area contributed by atoms with Gasteiger partial charge >= 0.3 is 5.97 Å². The summed E-state index contributed by atoms with van der Waals surface area (Å²) in [5, 5.41) is 10.7. The molecule has 0 aliphatic rings. The number of ether oxygens (including phenoxy) is 1. The molecule has 6 nitrogen and oxygen atoms in total. The first-order valence-electron chi connectivity index (χ1n) is 4.03. The lowest BCUT2D eigenvalue weighted by molar-refractivity contribution is -0.385. The average molecular weight is 288 g/mol. The van der Waals surface area contributed by atoms with Crippen LogP contribution in [0.15, 0.2) is 16.6 Å². The summed E-state index contributed by atoms with van der Waals surface area (Å²) in [6.07, 6.45) is 0.364. The Kier molecular flexibility index (Phi) is 3.73. The number of hydrogen-bond acceptors (Lipinski definition) is 5. The normalized spacial score (nSPS) is 9.62. The number of hydrogen-bond donors (Lipinski definition) is 0. The topological polar surface area (TPSA) is 86.5 Å². The Bertz CT molecular complexity index is 471. The van der Waals surface area contributed by atoms with Crippen LogP contribution in [-0.4, -0.2) is 24.3 Å². The predicted octanol–water partition coefficient (Wildman–Crippen LogP) is 1.96. The zero-order valence-electron chi connectivity index (χ0n) is 8.10. The molecule has 0 aliphatic carbocycles. The minimum absolute atomic E-state index is 0.0962. The van der Waals surface area contributed by atoms with Crippen LogP contribution in [0.25, 0.3) is 0 Å². The van der Waals surface area contributed by atoms with Crippen molar-refractivity contribution in [3.05, 3.63) is 37.8 Å². The van der Waals surface area contributed by atoms with E-state index in [2.05, 4.69) is 20.7 Å². The largest absolute Gasteiger partial charge is 0.465 e. The molecule has 0 aromatic heterocycles. The van der Waals surface area contributed by atoms with Gasteiger partial charge in [0.1, 0.15) is 5.56 Å². The Morgan fingerprint density at radius 1 is 1.56 bits per heavy atom. The van der Waals surface area contributed by atoms with Crippen LogP contribution in [0.4, 0.5) is 5.69 Å². The van der Waals surface area contributed by atoms with E-state index in [0.29, 0.717) is 10.8 Å². The molecular formula is C9H6BrNO5. The van der Waals surface area contributed by atoms with Gasteiger partial charge < -0.3 is 4.74 Å². The first-order valence-corrected chi connectivity index (χ1v) is 4.82. The summed E-state index contributed by atoms with van der Waals surface area (Å²) in [5.41, 5.74) is -0.907. The fourth-order valence-electron chi connectivity index (χ4n) is 1.17. The smallest absolute Gasteiger partial charge is 0.345 e. The highest BCUT2D eigenvalue weighted by molar-refractivity contribution is 9.10. The summed E-state index contributed by atoms with van der Waals surface area (Å²) >= 11 is 3.03. The SMILES string of the molecule is COC(=O)c1c([N+](=O)[O-])ccc(Br)c1C=O. The van der Waals surface area contributed by atoms with Crippen LogP contribution in [-0.2, 0) is 4.74 Å². The number of esters is 1. The molecule has 0 spiro atoms. The summed E-state index contributed by atoms with van der Waals surface area (Å²) in [5.74, 6) is -0.921. The summed E-state index contributed by atoms with van der Waals surface area (Å²) in [6.45, 7) is 0. The van der Waals surface area contributed by atoms with E-state index in [1.165, 1.54) is 6.07 Å². The number of halogens is 1. The van der Waals surface area contributed by atoms with E-state index in [0.717, 1.165) is 13.2 Å². The van der Waals surface area contributed by atoms with E-state index in [9.17, 15) is 19.7 Å². The minimum Gasteiger partial charge on any atom is -0.465 e. The van der Waals surface area contributed by atoms with Gasteiger partial charge in [-0.3, -0.25) is 14.9 Å². The summed E-state index contributed by atoms with van der Waals surface area (Å²) in [4.78, 5) is 32.1. The van der Waals surface area contributed by atoms with Crippen LogP contribution < -0.4 is 0 Å². The maximum absolute atomic E-state index is 11.4. The first-order chi connectivity index (χ1) is 7.52. The third-order valence-electron chi connectivity index (χ3n) is 1.87. The second-order valence-corrected chi connectivity index (χ2v) is 3.58.